The normalized spacial score (nSPS) is 13.1. The summed E-state index contributed by atoms with van der Waals surface area (Å²) < 4.78 is 0. The van der Waals surface area contributed by atoms with E-state index in [1.54, 1.807) is 0 Å². The van der Waals surface area contributed by atoms with E-state index >= 15 is 0 Å². The van der Waals surface area contributed by atoms with Gasteiger partial charge in [-0.25, -0.2) is 0 Å². The predicted octanol–water partition coefficient (Wildman–Crippen LogP) is 19.4. The van der Waals surface area contributed by atoms with Crippen LogP contribution in [-0.4, -0.2) is 0 Å². The summed E-state index contributed by atoms with van der Waals surface area (Å²) in [5.74, 6) is 0. The summed E-state index contributed by atoms with van der Waals surface area (Å²) in [6.07, 6.45) is 0. The molecule has 0 aromatic heterocycles. The van der Waals surface area contributed by atoms with Crippen LogP contribution in [0.1, 0.15) is 86.1 Å². The van der Waals surface area contributed by atoms with Gasteiger partial charge in [0.25, 0.3) is 0 Å². The van der Waals surface area contributed by atoms with E-state index < -0.39 is 5.41 Å². The third kappa shape index (κ3) is 7.49. The summed E-state index contributed by atoms with van der Waals surface area (Å²) >= 11 is 0. The lowest BCUT2D eigenvalue weighted by molar-refractivity contribution is 0.590. The fourth-order valence-corrected chi connectivity index (χ4v) is 12.5. The molecule has 1 heterocycles. The predicted molar refractivity (Wildman–Crippen MR) is 323 cm³/mol. The van der Waals surface area contributed by atoms with Crippen molar-refractivity contribution < 1.29 is 0 Å². The van der Waals surface area contributed by atoms with Gasteiger partial charge in [-0.2, -0.15) is 10.5 Å². The zero-order valence-electron chi connectivity index (χ0n) is 44.8. The van der Waals surface area contributed by atoms with Crippen molar-refractivity contribution in [1.29, 1.82) is 10.5 Å². The van der Waals surface area contributed by atoms with E-state index in [1.807, 2.05) is 24.3 Å². The van der Waals surface area contributed by atoms with Crippen LogP contribution in [0.3, 0.4) is 0 Å². The highest BCUT2D eigenvalue weighted by atomic mass is 15.2. The van der Waals surface area contributed by atoms with E-state index in [4.69, 9.17) is 0 Å². The van der Waals surface area contributed by atoms with Gasteiger partial charge >= 0.3 is 0 Å². The van der Waals surface area contributed by atoms with Crippen LogP contribution < -0.4 is 14.7 Å². The minimum absolute atomic E-state index is 0.0429. The van der Waals surface area contributed by atoms with Gasteiger partial charge in [-0.15, -0.1) is 0 Å². The molecule has 0 saturated carbocycles. The molecule has 374 valence electrons. The van der Waals surface area contributed by atoms with Crippen molar-refractivity contribution in [2.24, 2.45) is 0 Å². The Balaban J connectivity index is 1.20. The van der Waals surface area contributed by atoms with Crippen molar-refractivity contribution in [3.63, 3.8) is 0 Å². The van der Waals surface area contributed by atoms with E-state index in [0.29, 0.717) is 11.1 Å². The molecule has 1 aliphatic carbocycles. The number of para-hydroxylation sites is 3. The van der Waals surface area contributed by atoms with Gasteiger partial charge in [-0.1, -0.05) is 169 Å². The molecule has 11 aromatic rings. The summed E-state index contributed by atoms with van der Waals surface area (Å²) in [5.41, 5.74) is 19.2. The molecule has 1 spiro atoms. The number of fused-ring (bicyclic) bond motifs is 13. The Morgan fingerprint density at radius 1 is 0.359 bits per heavy atom. The maximum atomic E-state index is 10.1. The first kappa shape index (κ1) is 48.0. The van der Waals surface area contributed by atoms with Crippen LogP contribution in [0.2, 0.25) is 0 Å². The van der Waals surface area contributed by atoms with Crippen molar-refractivity contribution in [1.82, 2.24) is 0 Å². The van der Waals surface area contributed by atoms with E-state index in [9.17, 15) is 10.5 Å². The maximum Gasteiger partial charge on any atom is 0.0991 e. The van der Waals surface area contributed by atoms with Crippen LogP contribution in [0.15, 0.2) is 237 Å². The molecule has 0 fully saturated rings. The van der Waals surface area contributed by atoms with Gasteiger partial charge in [0, 0.05) is 39.2 Å². The molecule has 0 radical (unpaired) electrons. The van der Waals surface area contributed by atoms with Gasteiger partial charge in [0.15, 0.2) is 0 Å². The molecule has 0 atom stereocenters. The molecular weight excluding hydrogens is 947 g/mol. The molecular formula is C73H57N5. The SMILES string of the molecule is CC(C)(C)c1ccc(N(c2ccc(C#N)cc2)c2cc3c(c4ccccc24)-c2c(cc(N(c4ccc(C#N)cc4)c4ccc(C(C)(C)C)cc4)c4ccccc24)C32c3ccccc3N(c3ccccc3)c3ccccc32)cc1. The molecule has 5 nitrogen and oxygen atoms in total. The molecule has 0 amide bonds. The molecule has 11 aromatic carbocycles. The number of nitriles is 2. The topological polar surface area (TPSA) is 57.3 Å². The number of nitrogens with zero attached hydrogens (tertiary/aromatic N) is 5. The smallest absolute Gasteiger partial charge is 0.0991 e. The average molecular weight is 1000 g/mol. The molecule has 0 saturated heterocycles. The monoisotopic (exact) mass is 1000 g/mol. The highest BCUT2D eigenvalue weighted by Crippen LogP contribution is 2.67. The first-order valence-electron chi connectivity index (χ1n) is 26.9. The summed E-state index contributed by atoms with van der Waals surface area (Å²) in [6, 6.07) is 90.5. The molecule has 78 heavy (non-hydrogen) atoms. The molecule has 2 aliphatic rings. The van der Waals surface area contributed by atoms with Gasteiger partial charge in [0.2, 0.25) is 0 Å². The highest BCUT2D eigenvalue weighted by molar-refractivity contribution is 6.19. The maximum absolute atomic E-state index is 10.1. The number of benzene rings is 11. The summed E-state index contributed by atoms with van der Waals surface area (Å²) in [7, 11) is 0. The second-order valence-corrected chi connectivity index (χ2v) is 22.8. The molecule has 0 N–H and O–H groups in total. The Morgan fingerprint density at radius 3 is 1.06 bits per heavy atom. The Kier molecular flexibility index (Phi) is 11.2. The summed E-state index contributed by atoms with van der Waals surface area (Å²) in [6.45, 7) is 13.5. The Morgan fingerprint density at radius 2 is 0.692 bits per heavy atom. The highest BCUT2D eigenvalue weighted by Gasteiger charge is 2.53. The van der Waals surface area contributed by atoms with E-state index in [2.05, 4.69) is 281 Å². The van der Waals surface area contributed by atoms with Gasteiger partial charge < -0.3 is 14.7 Å². The summed E-state index contributed by atoms with van der Waals surface area (Å²) in [5, 5.41) is 24.7. The first-order chi connectivity index (χ1) is 37.9. The minimum atomic E-state index is -0.875. The van der Waals surface area contributed by atoms with Crippen molar-refractivity contribution in [3.8, 4) is 23.3 Å². The lowest BCUT2D eigenvalue weighted by Gasteiger charge is -2.45. The Labute approximate surface area is 457 Å². The van der Waals surface area contributed by atoms with Crippen LogP contribution in [-0.2, 0) is 16.2 Å². The van der Waals surface area contributed by atoms with Crippen molar-refractivity contribution >= 4 is 72.7 Å². The van der Waals surface area contributed by atoms with E-state index in [-0.39, 0.29) is 10.8 Å². The van der Waals surface area contributed by atoms with E-state index in [0.717, 1.165) is 72.7 Å². The van der Waals surface area contributed by atoms with Crippen LogP contribution in [0.25, 0.3) is 32.7 Å². The molecule has 5 heteroatoms. The Hall–Kier alpha value is -9.68. The lowest BCUT2D eigenvalue weighted by atomic mass is 9.64. The van der Waals surface area contributed by atoms with Gasteiger partial charge in [-0.3, -0.25) is 0 Å². The quantitative estimate of drug-likeness (QED) is 0.159. The lowest BCUT2D eigenvalue weighted by Crippen LogP contribution is -2.36. The van der Waals surface area contributed by atoms with Crippen LogP contribution >= 0.6 is 0 Å². The fourth-order valence-electron chi connectivity index (χ4n) is 12.5. The zero-order valence-corrected chi connectivity index (χ0v) is 44.8. The van der Waals surface area contributed by atoms with Gasteiger partial charge in [-0.05, 0) is 175 Å². The van der Waals surface area contributed by atoms with Crippen LogP contribution in [0.5, 0.6) is 0 Å². The van der Waals surface area contributed by atoms with Crippen LogP contribution in [0, 0.1) is 22.7 Å². The van der Waals surface area contributed by atoms with E-state index in [1.165, 1.54) is 44.5 Å². The molecule has 0 unspecified atom stereocenters. The molecule has 1 aliphatic heterocycles. The third-order valence-electron chi connectivity index (χ3n) is 16.2. The van der Waals surface area contributed by atoms with Crippen molar-refractivity contribution in [2.45, 2.75) is 57.8 Å². The molecule has 13 rings (SSSR count). The third-order valence-corrected chi connectivity index (χ3v) is 16.2. The number of anilines is 9. The minimum Gasteiger partial charge on any atom is -0.310 e. The van der Waals surface area contributed by atoms with Crippen LogP contribution in [0.4, 0.5) is 51.2 Å². The van der Waals surface area contributed by atoms with Gasteiger partial charge in [0.05, 0.1) is 51.4 Å². The number of rotatable bonds is 7. The second kappa shape index (κ2) is 18.3. The largest absolute Gasteiger partial charge is 0.310 e. The fraction of sp³-hybridized carbons (Fsp3) is 0.123. The molecule has 0 bridgehead atoms. The Bertz CT molecular complexity index is 3970. The van der Waals surface area contributed by atoms with Gasteiger partial charge in [0.1, 0.15) is 0 Å². The first-order valence-corrected chi connectivity index (χ1v) is 26.9. The van der Waals surface area contributed by atoms with Crippen molar-refractivity contribution in [3.05, 3.63) is 281 Å². The van der Waals surface area contributed by atoms with Crippen molar-refractivity contribution in [2.75, 3.05) is 14.7 Å². The summed E-state index contributed by atoms with van der Waals surface area (Å²) in [4.78, 5) is 7.22. The number of hydrogen-bond donors (Lipinski definition) is 0. The second-order valence-electron chi connectivity index (χ2n) is 22.8. The standard InChI is InChI=1S/C73H57N5/c1-71(2,3)50-32-40-55(41-33-50)76(53-36-28-48(46-74)29-37-53)67-44-63-69(59-22-12-10-20-57(59)67)70-60-23-13-11-21-58(60)68(77(54-38-30-49(47-75)31-39-54)56-42-34-51(35-43-56)72(4,5)6)45-64(70)73(63)61-24-14-16-26-65(61)78(52-18-8-7-9-19-52)66-27-17-15-25-62(66)73/h7-45H,1-6H3. The number of hydrogen-bond acceptors (Lipinski definition) is 5. The average Bonchev–Trinajstić information content (AvgIpc) is 4.01. The zero-order chi connectivity index (χ0) is 53.5.